The summed E-state index contributed by atoms with van der Waals surface area (Å²) in [6, 6.07) is 6.08. The van der Waals surface area contributed by atoms with Gasteiger partial charge in [0.1, 0.15) is 17.5 Å². The standard InChI is InChI=1S/C20H26N2O3S2/c23-18(14-27-19(26)22-9-3-4-10-22)21-20(7-1-2-8-20)15-5-6-16-17(13-15)25-12-11-24-16/h5-6,13H,1-4,7-12,14H2,(H,21,23). The molecule has 0 radical (unpaired) electrons. The van der Waals surface area contributed by atoms with Crippen molar-refractivity contribution < 1.29 is 14.3 Å². The summed E-state index contributed by atoms with van der Waals surface area (Å²) >= 11 is 6.96. The van der Waals surface area contributed by atoms with E-state index in [-0.39, 0.29) is 11.4 Å². The predicted molar refractivity (Wildman–Crippen MR) is 112 cm³/mol. The molecule has 1 amide bonds. The van der Waals surface area contributed by atoms with E-state index < -0.39 is 0 Å². The van der Waals surface area contributed by atoms with Gasteiger partial charge in [0.05, 0.1) is 11.3 Å². The maximum absolute atomic E-state index is 12.7. The molecule has 0 bridgehead atoms. The highest BCUT2D eigenvalue weighted by Gasteiger charge is 2.38. The Morgan fingerprint density at radius 2 is 1.81 bits per heavy atom. The Morgan fingerprint density at radius 1 is 1.11 bits per heavy atom. The van der Waals surface area contributed by atoms with Crippen molar-refractivity contribution in [3.63, 3.8) is 0 Å². The number of amides is 1. The molecule has 0 aromatic heterocycles. The van der Waals surface area contributed by atoms with Crippen LogP contribution in [0.15, 0.2) is 18.2 Å². The monoisotopic (exact) mass is 406 g/mol. The van der Waals surface area contributed by atoms with Gasteiger partial charge in [-0.25, -0.2) is 0 Å². The molecule has 7 heteroatoms. The molecule has 1 aromatic rings. The second-order valence-corrected chi connectivity index (χ2v) is 9.05. The normalized spacial score (nSPS) is 20.5. The molecular formula is C20H26N2O3S2. The molecule has 2 fully saturated rings. The number of ether oxygens (including phenoxy) is 2. The van der Waals surface area contributed by atoms with Gasteiger partial charge in [0.25, 0.3) is 0 Å². The minimum atomic E-state index is -0.303. The zero-order valence-electron chi connectivity index (χ0n) is 15.5. The van der Waals surface area contributed by atoms with Crippen LogP contribution in [0.5, 0.6) is 11.5 Å². The number of nitrogens with zero attached hydrogens (tertiary/aromatic N) is 1. The summed E-state index contributed by atoms with van der Waals surface area (Å²) in [5, 5.41) is 3.33. The SMILES string of the molecule is O=C(CSC(=S)N1CCCC1)NC1(c2ccc3c(c2)OCCO3)CCCC1. The zero-order chi connectivity index (χ0) is 18.7. The molecule has 4 rings (SSSR count). The number of carbonyl (C=O) groups excluding carboxylic acids is 1. The molecule has 0 spiro atoms. The van der Waals surface area contributed by atoms with Gasteiger partial charge in [-0.2, -0.15) is 0 Å². The Labute approximate surface area is 170 Å². The number of likely N-dealkylation sites (tertiary alicyclic amines) is 1. The molecule has 5 nitrogen and oxygen atoms in total. The average Bonchev–Trinajstić information content (AvgIpc) is 3.38. The smallest absolute Gasteiger partial charge is 0.231 e. The van der Waals surface area contributed by atoms with Gasteiger partial charge in [-0.1, -0.05) is 42.9 Å². The van der Waals surface area contributed by atoms with Crippen LogP contribution in [0.4, 0.5) is 0 Å². The predicted octanol–water partition coefficient (Wildman–Crippen LogP) is 3.46. The van der Waals surface area contributed by atoms with Crippen LogP contribution < -0.4 is 14.8 Å². The zero-order valence-corrected chi connectivity index (χ0v) is 17.1. The van der Waals surface area contributed by atoms with Crippen LogP contribution in [0.25, 0.3) is 0 Å². The van der Waals surface area contributed by atoms with Crippen molar-refractivity contribution in [2.45, 2.75) is 44.1 Å². The highest BCUT2D eigenvalue weighted by atomic mass is 32.2. The molecule has 1 aromatic carbocycles. The summed E-state index contributed by atoms with van der Waals surface area (Å²) in [5.41, 5.74) is 0.813. The van der Waals surface area contributed by atoms with Crippen LogP contribution in [0.3, 0.4) is 0 Å². The number of thiocarbonyl (C=S) groups is 1. The second kappa shape index (κ2) is 8.27. The van der Waals surface area contributed by atoms with Crippen LogP contribution in [0, 0.1) is 0 Å². The first kappa shape index (κ1) is 18.9. The van der Waals surface area contributed by atoms with Gasteiger partial charge in [0, 0.05) is 13.1 Å². The molecule has 1 N–H and O–H groups in total. The van der Waals surface area contributed by atoms with Crippen molar-refractivity contribution in [2.75, 3.05) is 32.1 Å². The lowest BCUT2D eigenvalue weighted by Gasteiger charge is -2.32. The maximum atomic E-state index is 12.7. The molecule has 27 heavy (non-hydrogen) atoms. The number of nitrogens with one attached hydrogen (secondary N) is 1. The molecule has 146 valence electrons. The molecule has 3 aliphatic rings. The number of hydrogen-bond donors (Lipinski definition) is 1. The van der Waals surface area contributed by atoms with Crippen molar-refractivity contribution >= 4 is 34.2 Å². The Bertz CT molecular complexity index is 713. The molecule has 2 aliphatic heterocycles. The summed E-state index contributed by atoms with van der Waals surface area (Å²) in [4.78, 5) is 14.9. The minimum Gasteiger partial charge on any atom is -0.486 e. The topological polar surface area (TPSA) is 50.8 Å². The first-order chi connectivity index (χ1) is 13.2. The molecule has 0 unspecified atom stereocenters. The van der Waals surface area contributed by atoms with Gasteiger partial charge in [0.2, 0.25) is 5.91 Å². The fraction of sp³-hybridized carbons (Fsp3) is 0.600. The van der Waals surface area contributed by atoms with Gasteiger partial charge in [0.15, 0.2) is 11.5 Å². The van der Waals surface area contributed by atoms with Crippen LogP contribution in [0.2, 0.25) is 0 Å². The van der Waals surface area contributed by atoms with Gasteiger partial charge in [-0.05, 0) is 43.4 Å². The summed E-state index contributed by atoms with van der Waals surface area (Å²) in [6.07, 6.45) is 6.54. The third kappa shape index (κ3) is 4.19. The number of hydrogen-bond acceptors (Lipinski definition) is 5. The fourth-order valence-electron chi connectivity index (χ4n) is 4.23. The van der Waals surface area contributed by atoms with Gasteiger partial charge in [-0.15, -0.1) is 0 Å². The summed E-state index contributed by atoms with van der Waals surface area (Å²) in [6.45, 7) is 3.20. The average molecular weight is 407 g/mol. The number of rotatable bonds is 4. The van der Waals surface area contributed by atoms with E-state index in [0.29, 0.717) is 19.0 Å². The third-order valence-corrected chi connectivity index (χ3v) is 7.14. The quantitative estimate of drug-likeness (QED) is 0.773. The largest absolute Gasteiger partial charge is 0.486 e. The molecule has 2 heterocycles. The minimum absolute atomic E-state index is 0.0540. The summed E-state index contributed by atoms with van der Waals surface area (Å²) < 4.78 is 12.2. The summed E-state index contributed by atoms with van der Waals surface area (Å²) in [5.74, 6) is 2.00. The lowest BCUT2D eigenvalue weighted by molar-refractivity contribution is -0.120. The van der Waals surface area contributed by atoms with E-state index in [1.807, 2.05) is 12.1 Å². The number of carbonyl (C=O) groups is 1. The Kier molecular flexibility index (Phi) is 5.78. The molecule has 1 saturated carbocycles. The molecule has 0 atom stereocenters. The van der Waals surface area contributed by atoms with Crippen molar-refractivity contribution in [1.82, 2.24) is 10.2 Å². The van der Waals surface area contributed by atoms with Crippen molar-refractivity contribution in [2.24, 2.45) is 0 Å². The van der Waals surface area contributed by atoms with E-state index in [9.17, 15) is 4.79 Å². The Balaban J connectivity index is 1.42. The number of benzene rings is 1. The molecule has 1 aliphatic carbocycles. The first-order valence-electron chi connectivity index (χ1n) is 9.79. The van der Waals surface area contributed by atoms with Crippen LogP contribution in [-0.4, -0.2) is 47.2 Å². The Hall–Kier alpha value is -1.47. The third-order valence-electron chi connectivity index (χ3n) is 5.62. The van der Waals surface area contributed by atoms with Crippen molar-refractivity contribution in [1.29, 1.82) is 0 Å². The van der Waals surface area contributed by atoms with Gasteiger partial charge >= 0.3 is 0 Å². The van der Waals surface area contributed by atoms with E-state index in [0.717, 1.165) is 60.2 Å². The van der Waals surface area contributed by atoms with Crippen LogP contribution in [0.1, 0.15) is 44.1 Å². The summed E-state index contributed by atoms with van der Waals surface area (Å²) in [7, 11) is 0. The number of fused-ring (bicyclic) bond motifs is 1. The number of thioether (sulfide) groups is 1. The van der Waals surface area contributed by atoms with Crippen LogP contribution >= 0.6 is 24.0 Å². The second-order valence-electron chi connectivity index (χ2n) is 7.44. The van der Waals surface area contributed by atoms with Gasteiger partial charge < -0.3 is 19.7 Å². The molecular weight excluding hydrogens is 380 g/mol. The van der Waals surface area contributed by atoms with Crippen molar-refractivity contribution in [3.8, 4) is 11.5 Å². The fourth-order valence-corrected chi connectivity index (χ4v) is 5.28. The van der Waals surface area contributed by atoms with E-state index in [1.165, 1.54) is 24.6 Å². The van der Waals surface area contributed by atoms with E-state index in [4.69, 9.17) is 21.7 Å². The lowest BCUT2D eigenvalue weighted by Crippen LogP contribution is -2.45. The van der Waals surface area contributed by atoms with E-state index in [1.54, 1.807) is 0 Å². The first-order valence-corrected chi connectivity index (χ1v) is 11.2. The highest BCUT2D eigenvalue weighted by Crippen LogP contribution is 2.42. The maximum Gasteiger partial charge on any atom is 0.231 e. The lowest BCUT2D eigenvalue weighted by atomic mass is 9.87. The van der Waals surface area contributed by atoms with Gasteiger partial charge in [-0.3, -0.25) is 4.79 Å². The molecule has 1 saturated heterocycles. The van der Waals surface area contributed by atoms with Crippen LogP contribution in [-0.2, 0) is 10.3 Å². The van der Waals surface area contributed by atoms with E-state index in [2.05, 4.69) is 16.3 Å². The van der Waals surface area contributed by atoms with Crippen molar-refractivity contribution in [3.05, 3.63) is 23.8 Å². The Morgan fingerprint density at radius 3 is 2.56 bits per heavy atom. The van der Waals surface area contributed by atoms with E-state index >= 15 is 0 Å². The highest BCUT2D eigenvalue weighted by molar-refractivity contribution is 8.23.